The van der Waals surface area contributed by atoms with E-state index in [0.29, 0.717) is 31.7 Å². The molecule has 3 rings (SSSR count). The first-order valence-corrected chi connectivity index (χ1v) is 11.3. The van der Waals surface area contributed by atoms with Gasteiger partial charge in [-0.05, 0) is 69.0 Å². The van der Waals surface area contributed by atoms with E-state index >= 15 is 0 Å². The minimum atomic E-state index is -3.55. The summed E-state index contributed by atoms with van der Waals surface area (Å²) in [5.74, 6) is 0.602. The second-order valence-electron chi connectivity index (χ2n) is 7.62. The van der Waals surface area contributed by atoms with Crippen LogP contribution in [0.25, 0.3) is 0 Å². The number of hydrogen-bond donors (Lipinski definition) is 1. The number of nitrogens with zero attached hydrogens (tertiary/aromatic N) is 1. The first-order valence-electron chi connectivity index (χ1n) is 9.81. The summed E-state index contributed by atoms with van der Waals surface area (Å²) in [6.45, 7) is 6.96. The van der Waals surface area contributed by atoms with Crippen LogP contribution in [0.5, 0.6) is 5.75 Å². The molecule has 2 aromatic carbocycles. The normalized spacial score (nSPS) is 15.3. The Balaban J connectivity index is 1.48. The number of likely N-dealkylation sites (tertiary alicyclic amines) is 1. The molecule has 1 N–H and O–H groups in total. The van der Waals surface area contributed by atoms with E-state index in [1.54, 1.807) is 29.2 Å². The highest BCUT2D eigenvalue weighted by Gasteiger charge is 2.26. The zero-order valence-corrected chi connectivity index (χ0v) is 18.0. The van der Waals surface area contributed by atoms with Gasteiger partial charge in [0.15, 0.2) is 6.61 Å². The van der Waals surface area contributed by atoms with E-state index in [2.05, 4.69) is 4.72 Å². The second-order valence-corrected chi connectivity index (χ2v) is 9.34. The number of aryl methyl sites for hydroxylation is 3. The molecule has 6 nitrogen and oxygen atoms in total. The summed E-state index contributed by atoms with van der Waals surface area (Å²) in [5.41, 5.74) is 3.31. The quantitative estimate of drug-likeness (QED) is 0.786. The summed E-state index contributed by atoms with van der Waals surface area (Å²) in [5, 5.41) is 0. The van der Waals surface area contributed by atoms with Crippen molar-refractivity contribution in [2.75, 3.05) is 19.7 Å². The molecule has 1 aliphatic heterocycles. The number of amides is 1. The third-order valence-electron chi connectivity index (χ3n) is 5.34. The van der Waals surface area contributed by atoms with Gasteiger partial charge in [0.1, 0.15) is 5.75 Å². The molecular weight excluding hydrogens is 388 g/mol. The first-order chi connectivity index (χ1) is 13.7. The molecule has 156 valence electrons. The van der Waals surface area contributed by atoms with Gasteiger partial charge >= 0.3 is 0 Å². The van der Waals surface area contributed by atoms with E-state index in [0.717, 1.165) is 11.1 Å². The number of hydrogen-bond acceptors (Lipinski definition) is 4. The van der Waals surface area contributed by atoms with Gasteiger partial charge in [-0.1, -0.05) is 23.8 Å². The molecule has 0 aliphatic carbocycles. The van der Waals surface area contributed by atoms with Gasteiger partial charge < -0.3 is 9.64 Å². The lowest BCUT2D eigenvalue weighted by atomic mass is 10.1. The minimum absolute atomic E-state index is 0.0116. The first kappa shape index (κ1) is 21.3. The van der Waals surface area contributed by atoms with Gasteiger partial charge in [-0.15, -0.1) is 0 Å². The maximum absolute atomic E-state index is 12.5. The Morgan fingerprint density at radius 2 is 1.69 bits per heavy atom. The molecular formula is C22H28N2O4S. The zero-order valence-electron chi connectivity index (χ0n) is 17.1. The largest absolute Gasteiger partial charge is 0.484 e. The molecule has 0 atom stereocenters. The van der Waals surface area contributed by atoms with Crippen molar-refractivity contribution in [3.8, 4) is 5.75 Å². The summed E-state index contributed by atoms with van der Waals surface area (Å²) in [4.78, 5) is 14.4. The highest BCUT2D eigenvalue weighted by Crippen LogP contribution is 2.18. The van der Waals surface area contributed by atoms with Crippen LogP contribution in [0.4, 0.5) is 0 Å². The average molecular weight is 417 g/mol. The Morgan fingerprint density at radius 1 is 1.03 bits per heavy atom. The van der Waals surface area contributed by atoms with Crippen LogP contribution in [0, 0.1) is 20.8 Å². The van der Waals surface area contributed by atoms with Crippen molar-refractivity contribution in [1.82, 2.24) is 9.62 Å². The van der Waals surface area contributed by atoms with Crippen molar-refractivity contribution in [3.05, 3.63) is 59.2 Å². The third-order valence-corrected chi connectivity index (χ3v) is 6.88. The van der Waals surface area contributed by atoms with Crippen molar-refractivity contribution in [3.63, 3.8) is 0 Å². The molecule has 29 heavy (non-hydrogen) atoms. The molecule has 0 saturated carbocycles. The SMILES string of the molecule is Cc1ccc(S(=O)(=O)NC2CCN(C(=O)COc3ccc(C)c(C)c3)CC2)cc1. The van der Waals surface area contributed by atoms with Gasteiger partial charge in [0, 0.05) is 19.1 Å². The van der Waals surface area contributed by atoms with Crippen LogP contribution in [-0.2, 0) is 14.8 Å². The maximum atomic E-state index is 12.5. The molecule has 0 spiro atoms. The fourth-order valence-corrected chi connectivity index (χ4v) is 4.60. The van der Waals surface area contributed by atoms with Crippen LogP contribution in [0.15, 0.2) is 47.4 Å². The number of ether oxygens (including phenoxy) is 1. The van der Waals surface area contributed by atoms with Crippen LogP contribution < -0.4 is 9.46 Å². The summed E-state index contributed by atoms with van der Waals surface area (Å²) >= 11 is 0. The van der Waals surface area contributed by atoms with Crippen LogP contribution in [0.3, 0.4) is 0 Å². The molecule has 0 unspecified atom stereocenters. The fourth-order valence-electron chi connectivity index (χ4n) is 3.29. The number of carbonyl (C=O) groups is 1. The van der Waals surface area contributed by atoms with Crippen molar-refractivity contribution in [1.29, 1.82) is 0 Å². The van der Waals surface area contributed by atoms with Crippen LogP contribution >= 0.6 is 0 Å². The van der Waals surface area contributed by atoms with Gasteiger partial charge in [0.25, 0.3) is 5.91 Å². The predicted molar refractivity (Wildman–Crippen MR) is 113 cm³/mol. The van der Waals surface area contributed by atoms with Crippen LogP contribution in [-0.4, -0.2) is 45.0 Å². The standard InChI is InChI=1S/C22H28N2O4S/c1-16-4-8-21(9-5-16)29(26,27)23-19-10-12-24(13-11-19)22(25)15-28-20-7-6-17(2)18(3)14-20/h4-9,14,19,23H,10-13,15H2,1-3H3. The Labute approximate surface area is 172 Å². The van der Waals surface area contributed by atoms with E-state index in [9.17, 15) is 13.2 Å². The summed E-state index contributed by atoms with van der Waals surface area (Å²) in [6, 6.07) is 12.4. The molecule has 1 heterocycles. The summed E-state index contributed by atoms with van der Waals surface area (Å²) in [7, 11) is -3.55. The lowest BCUT2D eigenvalue weighted by Crippen LogP contribution is -2.47. The molecule has 1 fully saturated rings. The molecule has 1 saturated heterocycles. The molecule has 0 bridgehead atoms. The Hall–Kier alpha value is -2.38. The Kier molecular flexibility index (Phi) is 6.59. The lowest BCUT2D eigenvalue weighted by molar-refractivity contribution is -0.134. The number of piperidine rings is 1. The number of rotatable bonds is 6. The molecule has 2 aromatic rings. The number of benzene rings is 2. The van der Waals surface area contributed by atoms with Crippen molar-refractivity contribution >= 4 is 15.9 Å². The van der Waals surface area contributed by atoms with Gasteiger partial charge in [-0.25, -0.2) is 13.1 Å². The highest BCUT2D eigenvalue weighted by molar-refractivity contribution is 7.89. The van der Waals surface area contributed by atoms with Gasteiger partial charge in [-0.2, -0.15) is 0 Å². The Morgan fingerprint density at radius 3 is 2.31 bits per heavy atom. The molecule has 0 radical (unpaired) electrons. The molecule has 1 aliphatic rings. The average Bonchev–Trinajstić information content (AvgIpc) is 2.69. The van der Waals surface area contributed by atoms with Gasteiger partial charge in [-0.3, -0.25) is 4.79 Å². The van der Waals surface area contributed by atoms with Crippen molar-refractivity contribution < 1.29 is 17.9 Å². The third kappa shape index (κ3) is 5.58. The predicted octanol–water partition coefficient (Wildman–Crippen LogP) is 2.96. The minimum Gasteiger partial charge on any atom is -0.484 e. The molecule has 0 aromatic heterocycles. The Bertz CT molecular complexity index is 963. The molecule has 7 heteroatoms. The van der Waals surface area contributed by atoms with E-state index in [1.807, 2.05) is 39.0 Å². The van der Waals surface area contributed by atoms with Gasteiger partial charge in [0.2, 0.25) is 10.0 Å². The smallest absolute Gasteiger partial charge is 0.260 e. The maximum Gasteiger partial charge on any atom is 0.260 e. The lowest BCUT2D eigenvalue weighted by Gasteiger charge is -2.32. The van der Waals surface area contributed by atoms with E-state index in [-0.39, 0.29) is 23.5 Å². The summed E-state index contributed by atoms with van der Waals surface area (Å²) < 4.78 is 33.4. The fraction of sp³-hybridized carbons (Fsp3) is 0.409. The summed E-state index contributed by atoms with van der Waals surface area (Å²) in [6.07, 6.45) is 1.17. The zero-order chi connectivity index (χ0) is 21.0. The van der Waals surface area contributed by atoms with Crippen molar-refractivity contribution in [2.24, 2.45) is 0 Å². The van der Waals surface area contributed by atoms with E-state index < -0.39 is 10.0 Å². The monoisotopic (exact) mass is 416 g/mol. The highest BCUT2D eigenvalue weighted by atomic mass is 32.2. The second kappa shape index (κ2) is 8.97. The number of nitrogens with one attached hydrogen (secondary N) is 1. The number of sulfonamides is 1. The van der Waals surface area contributed by atoms with E-state index in [1.165, 1.54) is 5.56 Å². The number of carbonyl (C=O) groups excluding carboxylic acids is 1. The topological polar surface area (TPSA) is 75.7 Å². The van der Waals surface area contributed by atoms with Crippen molar-refractivity contribution in [2.45, 2.75) is 44.6 Å². The van der Waals surface area contributed by atoms with E-state index in [4.69, 9.17) is 4.74 Å². The van der Waals surface area contributed by atoms with Crippen LogP contribution in [0.1, 0.15) is 29.5 Å². The van der Waals surface area contributed by atoms with Crippen LogP contribution in [0.2, 0.25) is 0 Å². The van der Waals surface area contributed by atoms with Gasteiger partial charge in [0.05, 0.1) is 4.90 Å². The molecule has 1 amide bonds.